The van der Waals surface area contributed by atoms with Gasteiger partial charge in [-0.25, -0.2) is 0 Å². The first-order chi connectivity index (χ1) is 9.20. The third-order valence-corrected chi connectivity index (χ3v) is 2.96. The van der Waals surface area contributed by atoms with Crippen LogP contribution in [0.5, 0.6) is 0 Å². The summed E-state index contributed by atoms with van der Waals surface area (Å²) in [6, 6.07) is 0. The van der Waals surface area contributed by atoms with Crippen LogP contribution in [0, 0.1) is 0 Å². The maximum Gasteiger partial charge on any atom is 0.280 e. The summed E-state index contributed by atoms with van der Waals surface area (Å²) in [5.74, 6) is -0.391. The van der Waals surface area contributed by atoms with Crippen LogP contribution in [-0.4, -0.2) is 10.2 Å². The lowest BCUT2D eigenvalue weighted by molar-refractivity contribution is 0.0661. The van der Waals surface area contributed by atoms with E-state index in [1.165, 1.54) is 38.5 Å². The summed E-state index contributed by atoms with van der Waals surface area (Å²) in [4.78, 5) is 0. The van der Waals surface area contributed by atoms with Gasteiger partial charge in [-0.05, 0) is 37.8 Å². The Morgan fingerprint density at radius 2 is 1.16 bits per heavy atom. The van der Waals surface area contributed by atoms with Gasteiger partial charge >= 0.3 is 0 Å². The van der Waals surface area contributed by atoms with Crippen molar-refractivity contribution in [3.63, 3.8) is 0 Å². The highest BCUT2D eigenvalue weighted by atomic mass is 16.7. The van der Waals surface area contributed by atoms with Crippen molar-refractivity contribution in [1.29, 1.82) is 0 Å². The topological polar surface area (TPSA) is 49.7 Å². The Kier molecular flexibility index (Phi) is 12.5. The Morgan fingerprint density at radius 3 is 1.53 bits per heavy atom. The maximum absolute atomic E-state index is 9.45. The van der Waals surface area contributed by atoms with Crippen LogP contribution < -0.4 is 0 Å². The van der Waals surface area contributed by atoms with Crippen molar-refractivity contribution >= 4 is 0 Å². The van der Waals surface area contributed by atoms with Gasteiger partial charge in [-0.3, -0.25) is 0 Å². The van der Waals surface area contributed by atoms with E-state index < -0.39 is 0 Å². The van der Waals surface area contributed by atoms with Crippen LogP contribution in [0.15, 0.2) is 24.0 Å². The number of rotatable bonds is 12. The van der Waals surface area contributed by atoms with E-state index in [9.17, 15) is 10.2 Å². The van der Waals surface area contributed by atoms with Gasteiger partial charge < -0.3 is 14.9 Å². The minimum Gasteiger partial charge on any atom is -0.481 e. The highest BCUT2D eigenvalue weighted by Gasteiger charge is 1.98. The Morgan fingerprint density at radius 1 is 0.737 bits per heavy atom. The average Bonchev–Trinajstić information content (AvgIpc) is 2.38. The lowest BCUT2D eigenvalue weighted by Crippen LogP contribution is -1.92. The molecule has 0 saturated carbocycles. The van der Waals surface area contributed by atoms with Crippen LogP contribution in [0.1, 0.15) is 78.1 Å². The lowest BCUT2D eigenvalue weighted by atomic mass is 10.1. The number of hydrogen-bond acceptors (Lipinski definition) is 3. The molecule has 0 fully saturated rings. The molecule has 0 aliphatic heterocycles. The molecule has 0 atom stereocenters. The first-order valence-electron chi connectivity index (χ1n) is 7.66. The molecule has 0 heterocycles. The molecule has 0 amide bonds. The van der Waals surface area contributed by atoms with Crippen LogP contribution in [0.2, 0.25) is 0 Å². The molecule has 3 nitrogen and oxygen atoms in total. The first-order valence-corrected chi connectivity index (χ1v) is 7.66. The largest absolute Gasteiger partial charge is 0.481 e. The first kappa shape index (κ1) is 17.9. The molecule has 0 bridgehead atoms. The minimum atomic E-state index is -0.196. The van der Waals surface area contributed by atoms with Crippen molar-refractivity contribution in [2.24, 2.45) is 0 Å². The van der Waals surface area contributed by atoms with Crippen molar-refractivity contribution < 1.29 is 14.9 Å². The highest BCUT2D eigenvalue weighted by Crippen LogP contribution is 2.09. The standard InChI is InChI=1S/C16H30O3/c1-3-5-7-9-11-13-15(17)19-16(18)14-12-10-8-6-4-2/h13-14,17-18H,3-12H2,1-2H3/b15-13+,16-14+. The van der Waals surface area contributed by atoms with E-state index >= 15 is 0 Å². The summed E-state index contributed by atoms with van der Waals surface area (Å²) in [5, 5.41) is 18.9. The Balaban J connectivity index is 3.68. The molecular formula is C16H30O3. The molecule has 0 aliphatic carbocycles. The summed E-state index contributed by atoms with van der Waals surface area (Å²) in [7, 11) is 0. The van der Waals surface area contributed by atoms with Gasteiger partial charge in [0.15, 0.2) is 0 Å². The third-order valence-electron chi connectivity index (χ3n) is 2.96. The van der Waals surface area contributed by atoms with Gasteiger partial charge in [0, 0.05) is 0 Å². The smallest absolute Gasteiger partial charge is 0.280 e. The van der Waals surface area contributed by atoms with Crippen LogP contribution in [0.25, 0.3) is 0 Å². The van der Waals surface area contributed by atoms with Gasteiger partial charge in [0.05, 0.1) is 0 Å². The monoisotopic (exact) mass is 270 g/mol. The minimum absolute atomic E-state index is 0.196. The van der Waals surface area contributed by atoms with Crippen molar-refractivity contribution in [3.05, 3.63) is 24.0 Å². The van der Waals surface area contributed by atoms with Gasteiger partial charge in [0.25, 0.3) is 11.9 Å². The van der Waals surface area contributed by atoms with Gasteiger partial charge in [-0.15, -0.1) is 0 Å². The Bertz CT molecular complexity index is 231. The normalized spacial score (nSPS) is 12.7. The van der Waals surface area contributed by atoms with Crippen molar-refractivity contribution in [1.82, 2.24) is 0 Å². The number of aliphatic hydroxyl groups excluding tert-OH is 2. The molecule has 0 aromatic carbocycles. The van der Waals surface area contributed by atoms with Crippen LogP contribution in [0.4, 0.5) is 0 Å². The molecule has 3 heteroatoms. The van der Waals surface area contributed by atoms with Crippen LogP contribution >= 0.6 is 0 Å². The molecule has 0 aliphatic rings. The lowest BCUT2D eigenvalue weighted by Gasteiger charge is -2.03. The molecule has 19 heavy (non-hydrogen) atoms. The van der Waals surface area contributed by atoms with Gasteiger partial charge in [0.2, 0.25) is 0 Å². The predicted molar refractivity (Wildman–Crippen MR) is 80.0 cm³/mol. The summed E-state index contributed by atoms with van der Waals surface area (Å²) in [5.41, 5.74) is 0. The Labute approximate surface area is 118 Å². The molecular weight excluding hydrogens is 240 g/mol. The fourth-order valence-corrected chi connectivity index (χ4v) is 1.78. The van der Waals surface area contributed by atoms with Crippen molar-refractivity contribution in [2.45, 2.75) is 78.1 Å². The average molecular weight is 270 g/mol. The molecule has 2 N–H and O–H groups in total. The fraction of sp³-hybridized carbons (Fsp3) is 0.750. The maximum atomic E-state index is 9.45. The zero-order valence-corrected chi connectivity index (χ0v) is 12.5. The summed E-state index contributed by atoms with van der Waals surface area (Å²) < 4.78 is 4.90. The number of ether oxygens (including phenoxy) is 1. The number of unbranched alkanes of at least 4 members (excludes halogenated alkanes) is 8. The second kappa shape index (κ2) is 13.3. The number of hydrogen-bond donors (Lipinski definition) is 2. The number of aliphatic hydroxyl groups is 2. The second-order valence-electron chi connectivity index (χ2n) is 4.89. The van der Waals surface area contributed by atoms with E-state index in [1.54, 1.807) is 12.2 Å². The molecule has 0 saturated heterocycles. The van der Waals surface area contributed by atoms with E-state index in [4.69, 9.17) is 4.74 Å². The summed E-state index contributed by atoms with van der Waals surface area (Å²) in [6.45, 7) is 4.33. The number of allylic oxidation sites excluding steroid dienone is 2. The van der Waals surface area contributed by atoms with Gasteiger partial charge in [0.1, 0.15) is 0 Å². The highest BCUT2D eigenvalue weighted by molar-refractivity contribution is 4.89. The van der Waals surface area contributed by atoms with Gasteiger partial charge in [-0.1, -0.05) is 52.4 Å². The van der Waals surface area contributed by atoms with E-state index in [0.29, 0.717) is 0 Å². The SMILES string of the molecule is CCCCCC/C=C(\O)O/C(O)=C/CCCCCC. The molecule has 0 unspecified atom stereocenters. The van der Waals surface area contributed by atoms with Crippen LogP contribution in [0.3, 0.4) is 0 Å². The zero-order valence-electron chi connectivity index (χ0n) is 12.5. The second-order valence-corrected chi connectivity index (χ2v) is 4.89. The van der Waals surface area contributed by atoms with E-state index in [-0.39, 0.29) is 11.9 Å². The molecule has 0 radical (unpaired) electrons. The Hall–Kier alpha value is -1.12. The van der Waals surface area contributed by atoms with Crippen LogP contribution in [-0.2, 0) is 4.74 Å². The molecule has 0 rings (SSSR count). The summed E-state index contributed by atoms with van der Waals surface area (Å²) >= 11 is 0. The molecule has 0 aromatic rings. The predicted octanol–water partition coefficient (Wildman–Crippen LogP) is 5.74. The molecule has 0 aromatic heterocycles. The summed E-state index contributed by atoms with van der Waals surface area (Å²) in [6.07, 6.45) is 14.1. The third kappa shape index (κ3) is 13.1. The van der Waals surface area contributed by atoms with E-state index in [2.05, 4.69) is 13.8 Å². The van der Waals surface area contributed by atoms with E-state index in [1.807, 2.05) is 0 Å². The molecule has 112 valence electrons. The van der Waals surface area contributed by atoms with Crippen molar-refractivity contribution in [3.8, 4) is 0 Å². The van der Waals surface area contributed by atoms with E-state index in [0.717, 1.165) is 25.7 Å². The van der Waals surface area contributed by atoms with Gasteiger partial charge in [-0.2, -0.15) is 0 Å². The molecule has 0 spiro atoms. The van der Waals surface area contributed by atoms with Crippen molar-refractivity contribution in [2.75, 3.05) is 0 Å². The quantitative estimate of drug-likeness (QED) is 0.351. The zero-order chi connectivity index (χ0) is 14.3. The fourth-order valence-electron chi connectivity index (χ4n) is 1.78.